The van der Waals surface area contributed by atoms with Crippen molar-refractivity contribution in [3.63, 3.8) is 0 Å². The van der Waals surface area contributed by atoms with Crippen molar-refractivity contribution in [3.05, 3.63) is 35.6 Å². The Bertz CT molecular complexity index is 663. The first-order valence-corrected chi connectivity index (χ1v) is 10.0. The van der Waals surface area contributed by atoms with E-state index >= 15 is 0 Å². The summed E-state index contributed by atoms with van der Waals surface area (Å²) in [5.41, 5.74) is 0.629. The fourth-order valence-electron chi connectivity index (χ4n) is 3.94. The van der Waals surface area contributed by atoms with Gasteiger partial charge in [0, 0.05) is 45.1 Å². The van der Waals surface area contributed by atoms with E-state index in [0.717, 1.165) is 25.3 Å². The molecular weight excluding hydrogens is 345 g/mol. The predicted octanol–water partition coefficient (Wildman–Crippen LogP) is 2.25. The van der Waals surface area contributed by atoms with Crippen molar-refractivity contribution in [3.8, 4) is 0 Å². The number of halogens is 1. The zero-order chi connectivity index (χ0) is 19.2. The highest BCUT2D eigenvalue weighted by Crippen LogP contribution is 2.35. The standard InChI is InChI=1S/C21H30FN3O2/c1-15(26)24-13-19-9-8-18(25(19)14-16-6-7-16)12-21(27)23-11-10-17-4-2-3-5-20(17)22/h2-5,16,18-19H,6-14H2,1H3,(H,23,27)(H,24,26)/t18-,19+/m0/s1. The maximum atomic E-state index is 13.6. The minimum absolute atomic E-state index is 0.00397. The lowest BCUT2D eigenvalue weighted by atomic mass is 10.1. The summed E-state index contributed by atoms with van der Waals surface area (Å²) in [4.78, 5) is 26.1. The van der Waals surface area contributed by atoms with Crippen LogP contribution in [-0.4, -0.2) is 48.4 Å². The topological polar surface area (TPSA) is 61.4 Å². The highest BCUT2D eigenvalue weighted by molar-refractivity contribution is 5.76. The van der Waals surface area contributed by atoms with E-state index in [1.807, 2.05) is 6.07 Å². The number of nitrogens with one attached hydrogen (secondary N) is 2. The smallest absolute Gasteiger partial charge is 0.221 e. The van der Waals surface area contributed by atoms with Gasteiger partial charge in [-0.1, -0.05) is 18.2 Å². The number of rotatable bonds is 9. The van der Waals surface area contributed by atoms with Crippen LogP contribution < -0.4 is 10.6 Å². The maximum Gasteiger partial charge on any atom is 0.221 e. The van der Waals surface area contributed by atoms with Gasteiger partial charge in [-0.15, -0.1) is 0 Å². The van der Waals surface area contributed by atoms with Crippen molar-refractivity contribution in [2.75, 3.05) is 19.6 Å². The molecule has 6 heteroatoms. The average Bonchev–Trinajstić information content (AvgIpc) is 3.37. The van der Waals surface area contributed by atoms with Crippen LogP contribution in [0, 0.1) is 11.7 Å². The van der Waals surface area contributed by atoms with Crippen LogP contribution in [0.4, 0.5) is 4.39 Å². The van der Waals surface area contributed by atoms with Gasteiger partial charge in [0.05, 0.1) is 0 Å². The number of hydrogen-bond donors (Lipinski definition) is 2. The zero-order valence-electron chi connectivity index (χ0n) is 16.0. The van der Waals surface area contributed by atoms with Gasteiger partial charge in [-0.3, -0.25) is 14.5 Å². The van der Waals surface area contributed by atoms with E-state index in [-0.39, 0.29) is 23.7 Å². The number of likely N-dealkylation sites (tertiary alicyclic amines) is 1. The molecule has 2 aliphatic rings. The minimum Gasteiger partial charge on any atom is -0.356 e. The summed E-state index contributed by atoms with van der Waals surface area (Å²) in [5.74, 6) is 0.543. The highest BCUT2D eigenvalue weighted by atomic mass is 19.1. The zero-order valence-corrected chi connectivity index (χ0v) is 16.0. The first kappa shape index (κ1) is 19.8. The first-order chi connectivity index (χ1) is 13.0. The van der Waals surface area contributed by atoms with E-state index in [1.54, 1.807) is 19.1 Å². The Kier molecular flexibility index (Phi) is 6.83. The summed E-state index contributed by atoms with van der Waals surface area (Å²) in [6.07, 6.45) is 5.51. The lowest BCUT2D eigenvalue weighted by Crippen LogP contribution is -2.45. The van der Waals surface area contributed by atoms with Crippen molar-refractivity contribution < 1.29 is 14.0 Å². The normalized spacial score (nSPS) is 22.6. The molecule has 1 heterocycles. The molecule has 0 aromatic heterocycles. The number of amides is 2. The summed E-state index contributed by atoms with van der Waals surface area (Å²) in [7, 11) is 0. The van der Waals surface area contributed by atoms with Crippen molar-refractivity contribution in [1.29, 1.82) is 0 Å². The molecule has 5 nitrogen and oxygen atoms in total. The molecule has 1 aromatic rings. The minimum atomic E-state index is -0.223. The van der Waals surface area contributed by atoms with Crippen LogP contribution >= 0.6 is 0 Å². The van der Waals surface area contributed by atoms with E-state index in [2.05, 4.69) is 15.5 Å². The van der Waals surface area contributed by atoms with E-state index in [4.69, 9.17) is 0 Å². The van der Waals surface area contributed by atoms with Gasteiger partial charge >= 0.3 is 0 Å². The SMILES string of the molecule is CC(=O)NC[C@H]1CC[C@@H](CC(=O)NCCc2ccccc2F)N1CC1CC1. The van der Waals surface area contributed by atoms with Crippen LogP contribution in [-0.2, 0) is 16.0 Å². The van der Waals surface area contributed by atoms with Crippen molar-refractivity contribution in [2.45, 2.75) is 57.5 Å². The molecule has 27 heavy (non-hydrogen) atoms. The fourth-order valence-corrected chi connectivity index (χ4v) is 3.94. The van der Waals surface area contributed by atoms with Crippen LogP contribution in [0.3, 0.4) is 0 Å². The number of benzene rings is 1. The predicted molar refractivity (Wildman–Crippen MR) is 103 cm³/mol. The summed E-state index contributed by atoms with van der Waals surface area (Å²) in [5, 5.41) is 5.86. The van der Waals surface area contributed by atoms with E-state index < -0.39 is 0 Å². The molecule has 1 aliphatic heterocycles. The Labute approximate surface area is 160 Å². The largest absolute Gasteiger partial charge is 0.356 e. The molecule has 1 saturated heterocycles. The number of carbonyl (C=O) groups is 2. The second-order valence-electron chi connectivity index (χ2n) is 7.86. The molecule has 1 aliphatic carbocycles. The molecule has 2 fully saturated rings. The molecule has 0 radical (unpaired) electrons. The van der Waals surface area contributed by atoms with Gasteiger partial charge in [-0.25, -0.2) is 4.39 Å². The van der Waals surface area contributed by atoms with Gasteiger partial charge in [0.2, 0.25) is 11.8 Å². The lowest BCUT2D eigenvalue weighted by Gasteiger charge is -2.30. The van der Waals surface area contributed by atoms with Crippen molar-refractivity contribution in [2.24, 2.45) is 5.92 Å². The van der Waals surface area contributed by atoms with Gasteiger partial charge < -0.3 is 10.6 Å². The summed E-state index contributed by atoms with van der Waals surface area (Å²) >= 11 is 0. The van der Waals surface area contributed by atoms with Crippen LogP contribution in [0.5, 0.6) is 0 Å². The lowest BCUT2D eigenvalue weighted by molar-refractivity contribution is -0.122. The van der Waals surface area contributed by atoms with Crippen LogP contribution in [0.1, 0.15) is 44.6 Å². The van der Waals surface area contributed by atoms with E-state index in [0.29, 0.717) is 37.5 Å². The van der Waals surface area contributed by atoms with Gasteiger partial charge in [0.25, 0.3) is 0 Å². The molecule has 0 spiro atoms. The number of carbonyl (C=O) groups excluding carboxylic acids is 2. The van der Waals surface area contributed by atoms with Gasteiger partial charge in [-0.05, 0) is 49.7 Å². The molecule has 1 saturated carbocycles. The molecule has 2 N–H and O–H groups in total. The Balaban J connectivity index is 1.46. The molecular formula is C21H30FN3O2. The molecule has 1 aromatic carbocycles. The van der Waals surface area contributed by atoms with Crippen LogP contribution in [0.15, 0.2) is 24.3 Å². The van der Waals surface area contributed by atoms with Crippen LogP contribution in [0.25, 0.3) is 0 Å². The number of hydrogen-bond acceptors (Lipinski definition) is 3. The van der Waals surface area contributed by atoms with E-state index in [9.17, 15) is 14.0 Å². The molecule has 2 amide bonds. The molecule has 0 unspecified atom stereocenters. The third-order valence-electron chi connectivity index (χ3n) is 5.62. The number of nitrogens with zero attached hydrogens (tertiary/aromatic N) is 1. The van der Waals surface area contributed by atoms with Gasteiger partial charge in [0.1, 0.15) is 5.82 Å². The third kappa shape index (κ3) is 6.03. The summed E-state index contributed by atoms with van der Waals surface area (Å²) in [6, 6.07) is 7.24. The fraction of sp³-hybridized carbons (Fsp3) is 0.619. The average molecular weight is 375 g/mol. The van der Waals surface area contributed by atoms with Crippen LogP contribution in [0.2, 0.25) is 0 Å². The van der Waals surface area contributed by atoms with Crippen molar-refractivity contribution in [1.82, 2.24) is 15.5 Å². The van der Waals surface area contributed by atoms with Crippen molar-refractivity contribution >= 4 is 11.8 Å². The molecule has 2 atom stereocenters. The third-order valence-corrected chi connectivity index (χ3v) is 5.62. The molecule has 148 valence electrons. The molecule has 0 bridgehead atoms. The second-order valence-corrected chi connectivity index (χ2v) is 7.86. The maximum absolute atomic E-state index is 13.6. The van der Waals surface area contributed by atoms with E-state index in [1.165, 1.54) is 18.9 Å². The summed E-state index contributed by atoms with van der Waals surface area (Å²) in [6.45, 7) is 3.68. The Morgan fingerprint density at radius 1 is 1.11 bits per heavy atom. The van der Waals surface area contributed by atoms with Gasteiger partial charge in [0.15, 0.2) is 0 Å². The quantitative estimate of drug-likeness (QED) is 0.696. The highest BCUT2D eigenvalue weighted by Gasteiger charge is 2.37. The van der Waals surface area contributed by atoms with Gasteiger partial charge in [-0.2, -0.15) is 0 Å². The Morgan fingerprint density at radius 3 is 2.56 bits per heavy atom. The Morgan fingerprint density at radius 2 is 1.85 bits per heavy atom. The Hall–Kier alpha value is -1.95. The summed E-state index contributed by atoms with van der Waals surface area (Å²) < 4.78 is 13.6. The second kappa shape index (κ2) is 9.31. The molecule has 3 rings (SSSR count). The monoisotopic (exact) mass is 375 g/mol. The first-order valence-electron chi connectivity index (χ1n) is 10.0.